The molecule has 0 saturated heterocycles. The van der Waals surface area contributed by atoms with Gasteiger partial charge in [-0.3, -0.25) is 0 Å². The van der Waals surface area contributed by atoms with E-state index in [-0.39, 0.29) is 6.61 Å². The van der Waals surface area contributed by atoms with Crippen molar-refractivity contribution in [3.63, 3.8) is 0 Å². The van der Waals surface area contributed by atoms with Crippen LogP contribution in [0.4, 0.5) is 0 Å². The molecule has 5 rings (SSSR count). The second-order valence-corrected chi connectivity index (χ2v) is 7.24. The Morgan fingerprint density at radius 2 is 1.53 bits per heavy atom. The van der Waals surface area contributed by atoms with Gasteiger partial charge in [0.1, 0.15) is 6.61 Å². The highest BCUT2D eigenvalue weighted by molar-refractivity contribution is 6.11. The molecule has 0 amide bonds. The molecule has 146 valence electrons. The summed E-state index contributed by atoms with van der Waals surface area (Å²) in [7, 11) is 0. The molecule has 0 aliphatic carbocycles. The van der Waals surface area contributed by atoms with Gasteiger partial charge >= 0.3 is 5.97 Å². The Morgan fingerprint density at radius 1 is 0.867 bits per heavy atom. The van der Waals surface area contributed by atoms with E-state index in [1.807, 2.05) is 73.7 Å². The van der Waals surface area contributed by atoms with E-state index in [9.17, 15) is 4.79 Å². The number of nitrogens with zero attached hydrogens (tertiary/aromatic N) is 2. The molecule has 5 aromatic rings. The molecule has 0 bridgehead atoms. The molecule has 4 nitrogen and oxygen atoms in total. The van der Waals surface area contributed by atoms with Crippen molar-refractivity contribution >= 4 is 27.8 Å². The molecule has 0 saturated carbocycles. The zero-order valence-electron chi connectivity index (χ0n) is 16.6. The van der Waals surface area contributed by atoms with Crippen LogP contribution in [0, 0.1) is 6.92 Å². The first-order chi connectivity index (χ1) is 14.7. The molecule has 0 aliphatic heterocycles. The highest BCUT2D eigenvalue weighted by Gasteiger charge is 2.19. The third-order valence-electron chi connectivity index (χ3n) is 5.27. The lowest BCUT2D eigenvalue weighted by molar-refractivity contribution is 0.0465. The third-order valence-corrected chi connectivity index (χ3v) is 5.27. The van der Waals surface area contributed by atoms with Gasteiger partial charge in [-0.1, -0.05) is 66.7 Å². The van der Waals surface area contributed by atoms with E-state index in [1.54, 1.807) is 0 Å². The number of pyridine rings is 1. The first-order valence-electron chi connectivity index (χ1n) is 9.89. The van der Waals surface area contributed by atoms with Crippen molar-refractivity contribution in [1.82, 2.24) is 9.55 Å². The number of carbonyl (C=O) groups excluding carboxylic acids is 1. The molecule has 0 spiro atoms. The number of esters is 1. The lowest BCUT2D eigenvalue weighted by atomic mass is 10.1. The minimum Gasteiger partial charge on any atom is -0.456 e. The molecular weight excluding hydrogens is 372 g/mol. The maximum atomic E-state index is 12.8. The van der Waals surface area contributed by atoms with Crippen molar-refractivity contribution in [2.24, 2.45) is 0 Å². The number of hydrogen-bond donors (Lipinski definition) is 0. The molecule has 0 radical (unpaired) electrons. The summed E-state index contributed by atoms with van der Waals surface area (Å²) < 4.78 is 7.70. The van der Waals surface area contributed by atoms with Gasteiger partial charge in [0.25, 0.3) is 0 Å². The fourth-order valence-corrected chi connectivity index (χ4v) is 3.93. The quantitative estimate of drug-likeness (QED) is 0.361. The van der Waals surface area contributed by atoms with Crippen LogP contribution in [0.15, 0.2) is 91.0 Å². The Balaban J connectivity index is 1.64. The van der Waals surface area contributed by atoms with E-state index in [4.69, 9.17) is 4.74 Å². The second kappa shape index (κ2) is 7.48. The fraction of sp³-hybridized carbons (Fsp3) is 0.0769. The van der Waals surface area contributed by atoms with Gasteiger partial charge in [0.05, 0.1) is 11.0 Å². The predicted octanol–water partition coefficient (Wildman–Crippen LogP) is 5.84. The first kappa shape index (κ1) is 18.1. The summed E-state index contributed by atoms with van der Waals surface area (Å²) in [6.45, 7) is 2.16. The Morgan fingerprint density at radius 3 is 2.30 bits per heavy atom. The molecule has 4 heteroatoms. The Kier molecular flexibility index (Phi) is 4.52. The largest absolute Gasteiger partial charge is 0.456 e. The van der Waals surface area contributed by atoms with Crippen LogP contribution in [0.1, 0.15) is 21.7 Å². The molecular formula is C26H20N2O2. The van der Waals surface area contributed by atoms with E-state index in [2.05, 4.69) is 33.8 Å². The van der Waals surface area contributed by atoms with Gasteiger partial charge in [0.15, 0.2) is 5.69 Å². The summed E-state index contributed by atoms with van der Waals surface area (Å²) in [5.41, 5.74) is 5.14. The smallest absolute Gasteiger partial charge is 0.357 e. The van der Waals surface area contributed by atoms with Crippen LogP contribution in [-0.4, -0.2) is 15.5 Å². The average molecular weight is 392 g/mol. The molecule has 2 heterocycles. The minimum absolute atomic E-state index is 0.222. The lowest BCUT2D eigenvalue weighted by Crippen LogP contribution is -2.09. The van der Waals surface area contributed by atoms with E-state index in [0.717, 1.165) is 38.8 Å². The second-order valence-electron chi connectivity index (χ2n) is 7.24. The van der Waals surface area contributed by atoms with E-state index >= 15 is 0 Å². The maximum Gasteiger partial charge on any atom is 0.357 e. The van der Waals surface area contributed by atoms with Crippen LogP contribution in [0.5, 0.6) is 0 Å². The fourth-order valence-electron chi connectivity index (χ4n) is 3.93. The van der Waals surface area contributed by atoms with Gasteiger partial charge in [-0.05, 0) is 36.8 Å². The summed E-state index contributed by atoms with van der Waals surface area (Å²) >= 11 is 0. The van der Waals surface area contributed by atoms with Crippen molar-refractivity contribution in [1.29, 1.82) is 0 Å². The molecule has 2 aromatic heterocycles. The molecule has 3 aromatic carbocycles. The van der Waals surface area contributed by atoms with Crippen LogP contribution in [0.3, 0.4) is 0 Å². The molecule has 0 fully saturated rings. The van der Waals surface area contributed by atoms with Crippen LogP contribution < -0.4 is 0 Å². The maximum absolute atomic E-state index is 12.8. The number of hydrogen-bond acceptors (Lipinski definition) is 3. The Bertz CT molecular complexity index is 1360. The number of ether oxygens (including phenoxy) is 1. The number of para-hydroxylation sites is 2. The van der Waals surface area contributed by atoms with Crippen LogP contribution in [0.2, 0.25) is 0 Å². The summed E-state index contributed by atoms with van der Waals surface area (Å²) in [5.74, 6) is -0.422. The Hall–Kier alpha value is -3.92. The number of aromatic nitrogens is 2. The molecule has 30 heavy (non-hydrogen) atoms. The standard InChI is InChI=1S/C26H20N2O2/c1-18-25-21-14-8-9-15-23(21)28(20-12-6-3-7-13-20)24(25)16-22(27-18)26(29)30-17-19-10-4-2-5-11-19/h2-16H,17H2,1H3. The van der Waals surface area contributed by atoms with Crippen LogP contribution in [0.25, 0.3) is 27.5 Å². The average Bonchev–Trinajstić information content (AvgIpc) is 3.13. The van der Waals surface area contributed by atoms with Crippen LogP contribution >= 0.6 is 0 Å². The number of rotatable bonds is 4. The van der Waals surface area contributed by atoms with Crippen molar-refractivity contribution in [3.05, 3.63) is 108 Å². The van der Waals surface area contributed by atoms with Crippen molar-refractivity contribution < 1.29 is 9.53 Å². The third kappa shape index (κ3) is 3.12. The molecule has 0 unspecified atom stereocenters. The van der Waals surface area contributed by atoms with Gasteiger partial charge in [0.2, 0.25) is 0 Å². The van der Waals surface area contributed by atoms with E-state index < -0.39 is 5.97 Å². The van der Waals surface area contributed by atoms with Gasteiger partial charge < -0.3 is 9.30 Å². The summed E-state index contributed by atoms with van der Waals surface area (Å²) in [6, 6.07) is 29.9. The zero-order chi connectivity index (χ0) is 20.5. The minimum atomic E-state index is -0.422. The zero-order valence-corrected chi connectivity index (χ0v) is 16.6. The topological polar surface area (TPSA) is 44.1 Å². The highest BCUT2D eigenvalue weighted by Crippen LogP contribution is 2.33. The number of benzene rings is 3. The highest BCUT2D eigenvalue weighted by atomic mass is 16.5. The molecule has 0 N–H and O–H groups in total. The van der Waals surface area contributed by atoms with Crippen LogP contribution in [-0.2, 0) is 11.3 Å². The number of aryl methyl sites for hydroxylation is 1. The summed E-state index contributed by atoms with van der Waals surface area (Å²) in [5, 5.41) is 2.17. The van der Waals surface area contributed by atoms with Crippen molar-refractivity contribution in [2.45, 2.75) is 13.5 Å². The van der Waals surface area contributed by atoms with Crippen molar-refractivity contribution in [3.8, 4) is 5.69 Å². The van der Waals surface area contributed by atoms with Gasteiger partial charge in [-0.2, -0.15) is 0 Å². The van der Waals surface area contributed by atoms with Gasteiger partial charge in [-0.15, -0.1) is 0 Å². The first-order valence-corrected chi connectivity index (χ1v) is 9.89. The van der Waals surface area contributed by atoms with Gasteiger partial charge in [0, 0.05) is 22.2 Å². The SMILES string of the molecule is Cc1nc(C(=O)OCc2ccccc2)cc2c1c1ccccc1n2-c1ccccc1. The summed E-state index contributed by atoms with van der Waals surface area (Å²) in [6.07, 6.45) is 0. The molecule has 0 atom stereocenters. The lowest BCUT2D eigenvalue weighted by Gasteiger charge is -2.09. The normalized spacial score (nSPS) is 11.1. The van der Waals surface area contributed by atoms with E-state index in [0.29, 0.717) is 5.69 Å². The number of fused-ring (bicyclic) bond motifs is 3. The predicted molar refractivity (Wildman–Crippen MR) is 119 cm³/mol. The number of carbonyl (C=O) groups is 1. The summed E-state index contributed by atoms with van der Waals surface area (Å²) in [4.78, 5) is 17.4. The van der Waals surface area contributed by atoms with Gasteiger partial charge in [-0.25, -0.2) is 9.78 Å². The van der Waals surface area contributed by atoms with Crippen molar-refractivity contribution in [2.75, 3.05) is 0 Å². The van der Waals surface area contributed by atoms with E-state index in [1.165, 1.54) is 0 Å². The molecule has 0 aliphatic rings. The monoisotopic (exact) mass is 392 g/mol. The Labute approximate surface area is 174 Å².